The van der Waals surface area contributed by atoms with Crippen molar-refractivity contribution in [1.82, 2.24) is 5.32 Å². The number of hydrogen-bond acceptors (Lipinski definition) is 4. The van der Waals surface area contributed by atoms with Crippen LogP contribution in [0, 0.1) is 0 Å². The van der Waals surface area contributed by atoms with Crippen LogP contribution < -0.4 is 14.4 Å². The zero-order valence-electron chi connectivity index (χ0n) is 18.8. The van der Waals surface area contributed by atoms with Gasteiger partial charge in [-0.2, -0.15) is 0 Å². The number of ether oxygens (including phenoxy) is 1. The number of nitrogens with zero attached hydrogens (tertiary/aromatic N) is 1. The molecule has 0 radical (unpaired) electrons. The molecule has 6 nitrogen and oxygen atoms in total. The van der Waals surface area contributed by atoms with E-state index in [4.69, 9.17) is 16.3 Å². The first-order valence-corrected chi connectivity index (χ1v) is 12.7. The highest BCUT2D eigenvalue weighted by Crippen LogP contribution is 2.24. The first-order chi connectivity index (χ1) is 15.6. The molecule has 1 N–H and O–H groups in total. The second-order valence-electron chi connectivity index (χ2n) is 7.94. The molecule has 0 aliphatic rings. The van der Waals surface area contributed by atoms with Crippen LogP contribution in [0.15, 0.2) is 72.8 Å². The molecule has 1 amide bonds. The molecule has 0 saturated heterocycles. The van der Waals surface area contributed by atoms with Gasteiger partial charge in [0.1, 0.15) is 5.75 Å². The van der Waals surface area contributed by atoms with E-state index in [9.17, 15) is 13.2 Å². The third-order valence-corrected chi connectivity index (χ3v) is 6.14. The van der Waals surface area contributed by atoms with Crippen LogP contribution in [0.1, 0.15) is 35.3 Å². The van der Waals surface area contributed by atoms with Crippen LogP contribution >= 0.6 is 11.6 Å². The Labute approximate surface area is 200 Å². The van der Waals surface area contributed by atoms with Gasteiger partial charge in [0.25, 0.3) is 5.91 Å². The van der Waals surface area contributed by atoms with Crippen LogP contribution in [0.4, 0.5) is 5.69 Å². The molecule has 0 bridgehead atoms. The van der Waals surface area contributed by atoms with E-state index >= 15 is 0 Å². The van der Waals surface area contributed by atoms with Gasteiger partial charge < -0.3 is 10.1 Å². The Bertz CT molecular complexity index is 1210. The number of hydrogen-bond donors (Lipinski definition) is 1. The van der Waals surface area contributed by atoms with Crippen LogP contribution in [0.2, 0.25) is 5.02 Å². The molecule has 0 spiro atoms. The second-order valence-corrected chi connectivity index (χ2v) is 10.3. The zero-order valence-corrected chi connectivity index (χ0v) is 20.4. The smallest absolute Gasteiger partial charge is 0.251 e. The molecule has 3 aromatic rings. The maximum atomic E-state index is 12.6. The van der Waals surface area contributed by atoms with Crippen LogP contribution in [0.25, 0.3) is 0 Å². The molecule has 0 fully saturated rings. The Morgan fingerprint density at radius 1 is 1.00 bits per heavy atom. The minimum Gasteiger partial charge on any atom is -0.491 e. The highest BCUT2D eigenvalue weighted by molar-refractivity contribution is 7.92. The molecule has 0 aliphatic heterocycles. The van der Waals surface area contributed by atoms with E-state index in [0.717, 1.165) is 23.1 Å². The van der Waals surface area contributed by atoms with Gasteiger partial charge in [-0.05, 0) is 67.4 Å². The second kappa shape index (κ2) is 10.7. The number of amides is 1. The molecule has 0 aliphatic carbocycles. The first kappa shape index (κ1) is 24.6. The van der Waals surface area contributed by atoms with Crippen molar-refractivity contribution in [2.24, 2.45) is 0 Å². The molecule has 0 aromatic heterocycles. The van der Waals surface area contributed by atoms with E-state index < -0.39 is 10.0 Å². The zero-order chi connectivity index (χ0) is 24.0. The van der Waals surface area contributed by atoms with Gasteiger partial charge in [-0.15, -0.1) is 0 Å². The third-order valence-electron chi connectivity index (χ3n) is 4.76. The quantitative estimate of drug-likeness (QED) is 0.460. The SMILES string of the molecule is CC(C)Oc1cccc(CNC(=O)c2ccc(CN(c3cccc(Cl)c3)S(C)(=O)=O)cc2)c1. The predicted octanol–water partition coefficient (Wildman–Crippen LogP) is 5.02. The van der Waals surface area contributed by atoms with Crippen LogP contribution in [-0.4, -0.2) is 26.7 Å². The van der Waals surface area contributed by atoms with Gasteiger partial charge >= 0.3 is 0 Å². The van der Waals surface area contributed by atoms with E-state index in [0.29, 0.717) is 22.8 Å². The summed E-state index contributed by atoms with van der Waals surface area (Å²) in [6.07, 6.45) is 1.22. The summed E-state index contributed by atoms with van der Waals surface area (Å²) in [6.45, 7) is 4.42. The minimum atomic E-state index is -3.52. The Morgan fingerprint density at radius 3 is 2.33 bits per heavy atom. The van der Waals surface area contributed by atoms with E-state index in [1.165, 1.54) is 4.31 Å². The van der Waals surface area contributed by atoms with E-state index in [-0.39, 0.29) is 18.6 Å². The van der Waals surface area contributed by atoms with Gasteiger partial charge in [-0.1, -0.05) is 41.9 Å². The summed E-state index contributed by atoms with van der Waals surface area (Å²) >= 11 is 6.03. The number of rotatable bonds is 9. The van der Waals surface area contributed by atoms with Gasteiger partial charge in [0.05, 0.1) is 24.6 Å². The highest BCUT2D eigenvalue weighted by atomic mass is 35.5. The lowest BCUT2D eigenvalue weighted by Gasteiger charge is -2.22. The van der Waals surface area contributed by atoms with Crippen molar-refractivity contribution in [2.45, 2.75) is 33.0 Å². The molecule has 3 rings (SSSR count). The van der Waals surface area contributed by atoms with Gasteiger partial charge in [-0.3, -0.25) is 9.10 Å². The largest absolute Gasteiger partial charge is 0.491 e. The summed E-state index contributed by atoms with van der Waals surface area (Å²) < 4.78 is 31.6. The molecule has 174 valence electrons. The lowest BCUT2D eigenvalue weighted by Crippen LogP contribution is -2.29. The summed E-state index contributed by atoms with van der Waals surface area (Å²) in [6, 6.07) is 21.1. The maximum absolute atomic E-state index is 12.6. The van der Waals surface area contributed by atoms with Crippen LogP contribution in [0.3, 0.4) is 0 Å². The lowest BCUT2D eigenvalue weighted by atomic mass is 10.1. The van der Waals surface area contributed by atoms with Gasteiger partial charge in [0, 0.05) is 17.1 Å². The Hall–Kier alpha value is -3.03. The summed E-state index contributed by atoms with van der Waals surface area (Å²) in [5, 5.41) is 3.35. The van der Waals surface area contributed by atoms with Gasteiger partial charge in [-0.25, -0.2) is 8.42 Å². The summed E-state index contributed by atoms with van der Waals surface area (Å²) in [5.74, 6) is 0.544. The van der Waals surface area contributed by atoms with Crippen molar-refractivity contribution < 1.29 is 17.9 Å². The molecular formula is C25H27ClN2O4S. The number of anilines is 1. The fraction of sp³-hybridized carbons (Fsp3) is 0.240. The topological polar surface area (TPSA) is 75.7 Å². The molecule has 3 aromatic carbocycles. The summed E-state index contributed by atoms with van der Waals surface area (Å²) in [7, 11) is -3.52. The lowest BCUT2D eigenvalue weighted by molar-refractivity contribution is 0.0950. The van der Waals surface area contributed by atoms with Crippen molar-refractivity contribution >= 4 is 33.2 Å². The Balaban J connectivity index is 1.66. The van der Waals surface area contributed by atoms with Crippen molar-refractivity contribution in [2.75, 3.05) is 10.6 Å². The number of carbonyl (C=O) groups is 1. The first-order valence-electron chi connectivity index (χ1n) is 10.5. The molecule has 0 heterocycles. The highest BCUT2D eigenvalue weighted by Gasteiger charge is 2.18. The molecule has 8 heteroatoms. The molecule has 0 atom stereocenters. The summed E-state index contributed by atoms with van der Waals surface area (Å²) in [5.41, 5.74) is 2.65. The van der Waals surface area contributed by atoms with Crippen LogP contribution in [-0.2, 0) is 23.1 Å². The van der Waals surface area contributed by atoms with Crippen molar-refractivity contribution in [3.8, 4) is 5.75 Å². The van der Waals surface area contributed by atoms with Crippen molar-refractivity contribution in [3.63, 3.8) is 0 Å². The minimum absolute atomic E-state index is 0.0749. The van der Waals surface area contributed by atoms with E-state index in [1.54, 1.807) is 48.5 Å². The average Bonchev–Trinajstić information content (AvgIpc) is 2.75. The molecular weight excluding hydrogens is 460 g/mol. The van der Waals surface area contributed by atoms with Gasteiger partial charge in [0.2, 0.25) is 10.0 Å². The third kappa shape index (κ3) is 7.23. The predicted molar refractivity (Wildman–Crippen MR) is 132 cm³/mol. The fourth-order valence-electron chi connectivity index (χ4n) is 3.24. The fourth-order valence-corrected chi connectivity index (χ4v) is 4.31. The molecule has 0 saturated carbocycles. The van der Waals surface area contributed by atoms with Crippen LogP contribution in [0.5, 0.6) is 5.75 Å². The van der Waals surface area contributed by atoms with E-state index in [2.05, 4.69) is 5.32 Å². The maximum Gasteiger partial charge on any atom is 0.251 e. The number of sulfonamides is 1. The number of benzene rings is 3. The van der Waals surface area contributed by atoms with Crippen molar-refractivity contribution in [1.29, 1.82) is 0 Å². The Morgan fingerprint density at radius 2 is 1.70 bits per heavy atom. The molecule has 33 heavy (non-hydrogen) atoms. The van der Waals surface area contributed by atoms with Gasteiger partial charge in [0.15, 0.2) is 0 Å². The number of nitrogens with one attached hydrogen (secondary N) is 1. The molecule has 0 unspecified atom stereocenters. The standard InChI is InChI=1S/C25H27ClN2O4S/c1-18(2)32-24-9-4-6-20(14-24)16-27-25(29)21-12-10-19(11-13-21)17-28(33(3,30)31)23-8-5-7-22(26)15-23/h4-15,18H,16-17H2,1-3H3,(H,27,29). The normalized spacial score (nSPS) is 11.3. The number of halogens is 1. The average molecular weight is 487 g/mol. The van der Waals surface area contributed by atoms with E-state index in [1.807, 2.05) is 38.1 Å². The summed E-state index contributed by atoms with van der Waals surface area (Å²) in [4.78, 5) is 12.6. The monoisotopic (exact) mass is 486 g/mol. The Kier molecular flexibility index (Phi) is 8.00. The number of carbonyl (C=O) groups excluding carboxylic acids is 1. The van der Waals surface area contributed by atoms with Crippen molar-refractivity contribution in [3.05, 3.63) is 94.5 Å².